The molecule has 3 heteroatoms. The first kappa shape index (κ1) is 10.8. The van der Waals surface area contributed by atoms with E-state index in [1.54, 1.807) is 0 Å². The van der Waals surface area contributed by atoms with Crippen molar-refractivity contribution in [1.82, 2.24) is 5.32 Å². The van der Waals surface area contributed by atoms with Crippen molar-refractivity contribution in [2.24, 2.45) is 10.7 Å². The van der Waals surface area contributed by atoms with Gasteiger partial charge in [0.2, 0.25) is 0 Å². The molecule has 1 atom stereocenters. The van der Waals surface area contributed by atoms with Crippen molar-refractivity contribution in [2.45, 2.75) is 39.3 Å². The molecule has 0 fully saturated rings. The van der Waals surface area contributed by atoms with Crippen molar-refractivity contribution >= 4 is 5.96 Å². The zero-order chi connectivity index (χ0) is 9.78. The van der Waals surface area contributed by atoms with E-state index < -0.39 is 0 Å². The molecule has 3 N–H and O–H groups in total. The average molecular weight is 167 g/mol. The molecule has 68 valence electrons. The molecular weight excluding hydrogens is 150 g/mol. The fourth-order valence-corrected chi connectivity index (χ4v) is 0.662. The lowest BCUT2D eigenvalue weighted by atomic mass is 10.1. The quantitative estimate of drug-likeness (QED) is 0.343. The summed E-state index contributed by atoms with van der Waals surface area (Å²) in [6.45, 7) is 7.85. The number of nitrogens with one attached hydrogen (secondary N) is 1. The number of rotatable bonds is 1. The van der Waals surface area contributed by atoms with Crippen molar-refractivity contribution in [3.05, 3.63) is 0 Å². The van der Waals surface area contributed by atoms with Gasteiger partial charge < -0.3 is 11.1 Å². The van der Waals surface area contributed by atoms with Gasteiger partial charge in [-0.1, -0.05) is 5.92 Å². The fourth-order valence-electron chi connectivity index (χ4n) is 0.662. The molecule has 0 aromatic rings. The zero-order valence-corrected chi connectivity index (χ0v) is 8.18. The van der Waals surface area contributed by atoms with Crippen molar-refractivity contribution in [2.75, 3.05) is 0 Å². The van der Waals surface area contributed by atoms with Crippen LogP contribution in [-0.2, 0) is 0 Å². The van der Waals surface area contributed by atoms with Gasteiger partial charge in [0, 0.05) is 5.54 Å². The maximum atomic E-state index is 5.58. The highest BCUT2D eigenvalue weighted by Gasteiger charge is 2.09. The lowest BCUT2D eigenvalue weighted by molar-refractivity contribution is 0.508. The second kappa shape index (κ2) is 4.01. The number of hydrogen-bond acceptors (Lipinski definition) is 1. The second-order valence-corrected chi connectivity index (χ2v) is 3.73. The van der Waals surface area contributed by atoms with Crippen LogP contribution in [-0.4, -0.2) is 17.5 Å². The lowest BCUT2D eigenvalue weighted by Gasteiger charge is -2.21. The molecule has 0 aliphatic carbocycles. The van der Waals surface area contributed by atoms with Crippen molar-refractivity contribution < 1.29 is 0 Å². The summed E-state index contributed by atoms with van der Waals surface area (Å²) in [5, 5.41) is 3.02. The molecule has 0 saturated carbocycles. The minimum Gasteiger partial charge on any atom is -0.370 e. The van der Waals surface area contributed by atoms with E-state index in [1.807, 2.05) is 27.7 Å². The second-order valence-electron chi connectivity index (χ2n) is 3.73. The standard InChI is InChI=1S/C9H17N3/c1-6-7(2)11-8(10)12-9(3,4)5/h1,7H,2-5H3,(H3,10,11,12). The Bertz CT molecular complexity index is 205. The Labute approximate surface area is 74.4 Å². The monoisotopic (exact) mass is 167 g/mol. The Kier molecular flexibility index (Phi) is 3.62. The number of nitrogens with zero attached hydrogens (tertiary/aromatic N) is 1. The minimum absolute atomic E-state index is 0.0676. The highest BCUT2D eigenvalue weighted by Crippen LogP contribution is 1.97. The van der Waals surface area contributed by atoms with E-state index in [0.29, 0.717) is 5.96 Å². The van der Waals surface area contributed by atoms with Gasteiger partial charge in [-0.3, -0.25) is 0 Å². The highest BCUT2D eigenvalue weighted by atomic mass is 15.1. The van der Waals surface area contributed by atoms with Crippen LogP contribution in [0.15, 0.2) is 4.99 Å². The van der Waals surface area contributed by atoms with E-state index in [1.165, 1.54) is 0 Å². The van der Waals surface area contributed by atoms with Crippen LogP contribution in [0.25, 0.3) is 0 Å². The number of terminal acetylenes is 1. The van der Waals surface area contributed by atoms with Crippen LogP contribution in [0.2, 0.25) is 0 Å². The summed E-state index contributed by atoms with van der Waals surface area (Å²) < 4.78 is 0. The van der Waals surface area contributed by atoms with E-state index in [0.717, 1.165) is 0 Å². The van der Waals surface area contributed by atoms with Crippen LogP contribution >= 0.6 is 0 Å². The van der Waals surface area contributed by atoms with Crippen LogP contribution in [0, 0.1) is 12.3 Å². The third-order valence-corrected chi connectivity index (χ3v) is 1.08. The number of aliphatic imine (C=N–C) groups is 1. The summed E-state index contributed by atoms with van der Waals surface area (Å²) in [6, 6.07) is -0.167. The van der Waals surface area contributed by atoms with Crippen molar-refractivity contribution in [3.8, 4) is 12.3 Å². The molecule has 0 aliphatic rings. The molecule has 0 rings (SSSR count). The van der Waals surface area contributed by atoms with Gasteiger partial charge in [0.1, 0.15) is 6.04 Å². The molecule has 1 unspecified atom stereocenters. The van der Waals surface area contributed by atoms with E-state index in [4.69, 9.17) is 12.2 Å². The first-order valence-electron chi connectivity index (χ1n) is 3.93. The Morgan fingerprint density at radius 2 is 2.08 bits per heavy atom. The molecule has 0 spiro atoms. The van der Waals surface area contributed by atoms with Gasteiger partial charge in [0.25, 0.3) is 0 Å². The fraction of sp³-hybridized carbons (Fsp3) is 0.667. The van der Waals surface area contributed by atoms with Gasteiger partial charge in [-0.05, 0) is 27.7 Å². The smallest absolute Gasteiger partial charge is 0.190 e. The SMILES string of the molecule is C#CC(C)N=C(N)NC(C)(C)C. The van der Waals surface area contributed by atoms with E-state index in [9.17, 15) is 0 Å². The summed E-state index contributed by atoms with van der Waals surface area (Å²) in [6.07, 6.45) is 5.14. The van der Waals surface area contributed by atoms with Crippen molar-refractivity contribution in [1.29, 1.82) is 0 Å². The molecule has 0 amide bonds. The molecular formula is C9H17N3. The van der Waals surface area contributed by atoms with Crippen LogP contribution in [0.1, 0.15) is 27.7 Å². The van der Waals surface area contributed by atoms with Gasteiger partial charge in [0.05, 0.1) is 0 Å². The Hall–Kier alpha value is -1.17. The van der Waals surface area contributed by atoms with E-state index in [-0.39, 0.29) is 11.6 Å². The Balaban J connectivity index is 4.14. The molecule has 0 aromatic carbocycles. The maximum Gasteiger partial charge on any atom is 0.190 e. The molecule has 0 aromatic heterocycles. The molecule has 0 radical (unpaired) electrons. The molecule has 0 heterocycles. The topological polar surface area (TPSA) is 50.4 Å². The maximum absolute atomic E-state index is 5.58. The van der Waals surface area contributed by atoms with Gasteiger partial charge in [-0.2, -0.15) is 0 Å². The molecule has 0 saturated heterocycles. The Morgan fingerprint density at radius 1 is 1.58 bits per heavy atom. The summed E-state index contributed by atoms with van der Waals surface area (Å²) in [5.74, 6) is 2.87. The minimum atomic E-state index is -0.167. The third-order valence-electron chi connectivity index (χ3n) is 1.08. The molecule has 0 bridgehead atoms. The van der Waals surface area contributed by atoms with Gasteiger partial charge in [0.15, 0.2) is 5.96 Å². The summed E-state index contributed by atoms with van der Waals surface area (Å²) in [5.41, 5.74) is 5.51. The summed E-state index contributed by atoms with van der Waals surface area (Å²) in [4.78, 5) is 4.03. The van der Waals surface area contributed by atoms with Crippen LogP contribution in [0.5, 0.6) is 0 Å². The predicted molar refractivity (Wildman–Crippen MR) is 52.8 cm³/mol. The van der Waals surface area contributed by atoms with Gasteiger partial charge in [-0.25, -0.2) is 4.99 Å². The normalized spacial score (nSPS) is 15.1. The number of nitrogens with two attached hydrogens (primary N) is 1. The van der Waals surface area contributed by atoms with Crippen molar-refractivity contribution in [3.63, 3.8) is 0 Å². The zero-order valence-electron chi connectivity index (χ0n) is 8.18. The molecule has 12 heavy (non-hydrogen) atoms. The third kappa shape index (κ3) is 5.60. The summed E-state index contributed by atoms with van der Waals surface area (Å²) >= 11 is 0. The van der Waals surface area contributed by atoms with Crippen LogP contribution in [0.3, 0.4) is 0 Å². The average Bonchev–Trinajstić information content (AvgIpc) is 1.82. The number of hydrogen-bond donors (Lipinski definition) is 2. The van der Waals surface area contributed by atoms with Crippen LogP contribution in [0.4, 0.5) is 0 Å². The van der Waals surface area contributed by atoms with Gasteiger partial charge in [-0.15, -0.1) is 6.42 Å². The lowest BCUT2D eigenvalue weighted by Crippen LogP contribution is -2.45. The highest BCUT2D eigenvalue weighted by molar-refractivity contribution is 5.78. The molecule has 3 nitrogen and oxygen atoms in total. The summed E-state index contributed by atoms with van der Waals surface area (Å²) in [7, 11) is 0. The van der Waals surface area contributed by atoms with Crippen LogP contribution < -0.4 is 11.1 Å². The predicted octanol–water partition coefficient (Wildman–Crippen LogP) is 0.711. The number of guanidine groups is 1. The largest absolute Gasteiger partial charge is 0.370 e. The first-order valence-corrected chi connectivity index (χ1v) is 3.93. The Morgan fingerprint density at radius 3 is 2.42 bits per heavy atom. The first-order chi connectivity index (χ1) is 5.35. The van der Waals surface area contributed by atoms with E-state index in [2.05, 4.69) is 16.2 Å². The van der Waals surface area contributed by atoms with Gasteiger partial charge >= 0.3 is 0 Å². The van der Waals surface area contributed by atoms with E-state index >= 15 is 0 Å². The molecule has 0 aliphatic heterocycles.